The van der Waals surface area contributed by atoms with Gasteiger partial charge in [-0.3, -0.25) is 4.79 Å². The first-order chi connectivity index (χ1) is 11.9. The Kier molecular flexibility index (Phi) is 3.82. The highest BCUT2D eigenvalue weighted by Crippen LogP contribution is 2.38. The van der Waals surface area contributed by atoms with Crippen LogP contribution in [0.4, 0.5) is 0 Å². The molecule has 0 spiro atoms. The molecule has 3 saturated heterocycles. The van der Waals surface area contributed by atoms with Crippen LogP contribution in [0.25, 0.3) is 10.9 Å². The number of hydrogen-bond donors (Lipinski definition) is 0. The van der Waals surface area contributed by atoms with E-state index in [4.69, 9.17) is 0 Å². The zero-order valence-corrected chi connectivity index (χ0v) is 16.2. The van der Waals surface area contributed by atoms with Gasteiger partial charge in [0.15, 0.2) is 0 Å². The predicted molar refractivity (Wildman–Crippen MR) is 102 cm³/mol. The fourth-order valence-electron chi connectivity index (χ4n) is 3.95. The molecule has 5 heterocycles. The van der Waals surface area contributed by atoms with Gasteiger partial charge in [-0.1, -0.05) is 25.6 Å². The molecule has 3 aliphatic rings. The van der Waals surface area contributed by atoms with Gasteiger partial charge in [0.2, 0.25) is 0 Å². The van der Waals surface area contributed by atoms with Gasteiger partial charge in [0.1, 0.15) is 20.0 Å². The van der Waals surface area contributed by atoms with Gasteiger partial charge in [0, 0.05) is 37.4 Å². The minimum atomic E-state index is -1.59. The maximum Gasteiger partial charge on any atom is 0.269 e. The van der Waals surface area contributed by atoms with Crippen molar-refractivity contribution in [2.24, 2.45) is 0 Å². The minimum absolute atomic E-state index is 0.0206. The molecule has 0 aromatic carbocycles. The fourth-order valence-corrected chi connectivity index (χ4v) is 4.45. The van der Waals surface area contributed by atoms with E-state index in [1.807, 2.05) is 10.8 Å². The van der Waals surface area contributed by atoms with Crippen molar-refractivity contribution < 1.29 is 0 Å². The Hall–Kier alpha value is -1.97. The molecule has 2 aromatic heterocycles. The lowest BCUT2D eigenvalue weighted by Gasteiger charge is -2.49. The smallest absolute Gasteiger partial charge is 0.269 e. The van der Waals surface area contributed by atoms with Crippen LogP contribution in [0.15, 0.2) is 23.5 Å². The molecule has 5 nitrogen and oxygen atoms in total. The lowest BCUT2D eigenvalue weighted by molar-refractivity contribution is 0.0328. The zero-order chi connectivity index (χ0) is 17.7. The van der Waals surface area contributed by atoms with Crippen LogP contribution in [0, 0.1) is 11.5 Å². The Morgan fingerprint density at radius 3 is 2.48 bits per heavy atom. The van der Waals surface area contributed by atoms with Crippen LogP contribution >= 0.6 is 0 Å². The summed E-state index contributed by atoms with van der Waals surface area (Å²) in [6.07, 6.45) is 8.38. The molecule has 0 saturated carbocycles. The summed E-state index contributed by atoms with van der Waals surface area (Å²) in [7, 11) is -1.59. The molecule has 0 aliphatic carbocycles. The number of pyridine rings is 1. The first-order valence-electron chi connectivity index (χ1n) is 8.99. The van der Waals surface area contributed by atoms with E-state index in [-0.39, 0.29) is 11.1 Å². The third kappa shape index (κ3) is 2.92. The van der Waals surface area contributed by atoms with Gasteiger partial charge < -0.3 is 9.47 Å². The Bertz CT molecular complexity index is 926. The normalized spacial score (nSPS) is 25.6. The molecule has 2 bridgehead atoms. The van der Waals surface area contributed by atoms with Crippen molar-refractivity contribution in [2.75, 3.05) is 19.6 Å². The van der Waals surface area contributed by atoms with Crippen molar-refractivity contribution in [1.82, 2.24) is 19.4 Å². The van der Waals surface area contributed by atoms with Crippen LogP contribution in [0.3, 0.4) is 0 Å². The van der Waals surface area contributed by atoms with Gasteiger partial charge in [-0.15, -0.1) is 5.54 Å². The van der Waals surface area contributed by atoms with E-state index < -0.39 is 8.07 Å². The molecule has 0 atom stereocenters. The van der Waals surface area contributed by atoms with Crippen molar-refractivity contribution in [3.63, 3.8) is 0 Å². The summed E-state index contributed by atoms with van der Waals surface area (Å²) in [6.45, 7) is 9.79. The summed E-state index contributed by atoms with van der Waals surface area (Å²) in [5.74, 6) is 3.21. The number of hydrogen-bond acceptors (Lipinski definition) is 4. The van der Waals surface area contributed by atoms with Crippen molar-refractivity contribution in [3.8, 4) is 11.5 Å². The van der Waals surface area contributed by atoms with Gasteiger partial charge in [-0.2, -0.15) is 0 Å². The van der Waals surface area contributed by atoms with Crippen molar-refractivity contribution in [2.45, 2.75) is 44.4 Å². The molecule has 25 heavy (non-hydrogen) atoms. The first kappa shape index (κ1) is 16.5. The Morgan fingerprint density at radius 1 is 1.16 bits per heavy atom. The van der Waals surface area contributed by atoms with Crippen LogP contribution in [0.1, 0.15) is 24.8 Å². The number of fused-ring (bicyclic) bond motifs is 4. The van der Waals surface area contributed by atoms with Crippen molar-refractivity contribution in [3.05, 3.63) is 34.6 Å². The molecule has 130 valence electrons. The third-order valence-electron chi connectivity index (χ3n) is 5.43. The van der Waals surface area contributed by atoms with Crippen molar-refractivity contribution >= 4 is 19.0 Å². The van der Waals surface area contributed by atoms with Gasteiger partial charge in [0.05, 0.1) is 11.1 Å². The van der Waals surface area contributed by atoms with Gasteiger partial charge in [0.25, 0.3) is 5.56 Å². The van der Waals surface area contributed by atoms with Gasteiger partial charge >= 0.3 is 0 Å². The van der Waals surface area contributed by atoms with E-state index in [1.54, 1.807) is 6.20 Å². The number of rotatable bonds is 1. The lowest BCUT2D eigenvalue weighted by Crippen LogP contribution is -2.56. The molecule has 3 fully saturated rings. The van der Waals surface area contributed by atoms with Crippen LogP contribution < -0.4 is 5.56 Å². The topological polar surface area (TPSA) is 51.0 Å². The van der Waals surface area contributed by atoms with E-state index in [9.17, 15) is 4.79 Å². The zero-order valence-electron chi connectivity index (χ0n) is 15.2. The van der Waals surface area contributed by atoms with E-state index in [0.29, 0.717) is 11.1 Å². The summed E-state index contributed by atoms with van der Waals surface area (Å²) >= 11 is 0. The average molecular weight is 353 g/mol. The fraction of sp³-hybridized carbons (Fsp3) is 0.526. The molecule has 0 unspecified atom stereocenters. The molecule has 3 aliphatic heterocycles. The maximum atomic E-state index is 13.4. The lowest BCUT2D eigenvalue weighted by atomic mass is 9.79. The summed E-state index contributed by atoms with van der Waals surface area (Å²) in [5.41, 5.74) is 4.54. The first-order valence-corrected chi connectivity index (χ1v) is 12.5. The summed E-state index contributed by atoms with van der Waals surface area (Å²) in [6, 6.07) is 0. The quantitative estimate of drug-likeness (QED) is 0.583. The van der Waals surface area contributed by atoms with Gasteiger partial charge in [-0.05, 0) is 19.3 Å². The standard InChI is InChI=1S/C19H24N4OSi/c1-25(2,3)11-4-16-17-15(12-20-14-21-17)13-23(18(16)24)19-5-8-22(9-6-19)10-7-19/h12-14H,5-10H2,1-3H3. The molecule has 5 rings (SSSR count). The molecule has 0 N–H and O–H groups in total. The van der Waals surface area contributed by atoms with Gasteiger partial charge in [-0.25, -0.2) is 9.97 Å². The van der Waals surface area contributed by atoms with Crippen LogP contribution in [0.2, 0.25) is 19.6 Å². The van der Waals surface area contributed by atoms with Crippen molar-refractivity contribution in [1.29, 1.82) is 0 Å². The summed E-state index contributed by atoms with van der Waals surface area (Å²) in [4.78, 5) is 24.4. The second-order valence-corrected chi connectivity index (χ2v) is 13.1. The Morgan fingerprint density at radius 2 is 1.84 bits per heavy atom. The highest BCUT2D eigenvalue weighted by atomic mass is 28.3. The highest BCUT2D eigenvalue weighted by Gasteiger charge is 2.41. The Balaban J connectivity index is 1.96. The number of piperidine rings is 3. The van der Waals surface area contributed by atoms with E-state index in [1.165, 1.54) is 6.33 Å². The SMILES string of the molecule is C[Si](C)(C)C#Cc1c(=O)n(C23CCN(CC2)CC3)cc2cncnc12. The van der Waals surface area contributed by atoms with Crippen LogP contribution in [0.5, 0.6) is 0 Å². The molecular formula is C19H24N4OSi. The molecular weight excluding hydrogens is 328 g/mol. The van der Waals surface area contributed by atoms with E-state index in [2.05, 4.69) is 46.0 Å². The second-order valence-electron chi connectivity index (χ2n) is 8.32. The monoisotopic (exact) mass is 352 g/mol. The number of nitrogens with zero attached hydrogens (tertiary/aromatic N) is 4. The third-order valence-corrected chi connectivity index (χ3v) is 6.31. The number of aromatic nitrogens is 3. The second kappa shape index (κ2) is 5.79. The Labute approximate surface area is 149 Å². The average Bonchev–Trinajstić information content (AvgIpc) is 2.61. The largest absolute Gasteiger partial charge is 0.307 e. The molecule has 6 heteroatoms. The molecule has 0 amide bonds. The summed E-state index contributed by atoms with van der Waals surface area (Å²) < 4.78 is 1.98. The minimum Gasteiger partial charge on any atom is -0.307 e. The predicted octanol–water partition coefficient (Wildman–Crippen LogP) is 2.22. The highest BCUT2D eigenvalue weighted by molar-refractivity contribution is 6.83. The van der Waals surface area contributed by atoms with Crippen LogP contribution in [-0.4, -0.2) is 47.1 Å². The maximum absolute atomic E-state index is 13.4. The summed E-state index contributed by atoms with van der Waals surface area (Å²) in [5, 5.41) is 0.907. The van der Waals surface area contributed by atoms with Crippen LogP contribution in [-0.2, 0) is 5.54 Å². The van der Waals surface area contributed by atoms with E-state index >= 15 is 0 Å². The molecule has 2 aromatic rings. The molecule has 0 radical (unpaired) electrons. The van der Waals surface area contributed by atoms with E-state index in [0.717, 1.165) is 44.3 Å².